The molecule has 25 heavy (non-hydrogen) atoms. The number of pyridine rings is 1. The van der Waals surface area contributed by atoms with Crippen LogP contribution in [0.2, 0.25) is 0 Å². The zero-order valence-corrected chi connectivity index (χ0v) is 16.3. The Morgan fingerprint density at radius 3 is 2.40 bits per heavy atom. The van der Waals surface area contributed by atoms with Crippen molar-refractivity contribution in [3.63, 3.8) is 0 Å². The van der Waals surface area contributed by atoms with Gasteiger partial charge in [0.1, 0.15) is 28.2 Å². The average molecular weight is 360 g/mol. The molecule has 0 fully saturated rings. The maximum Gasteiger partial charge on any atom is 0.145 e. The molecule has 6 heteroatoms. The molecule has 2 aromatic rings. The van der Waals surface area contributed by atoms with Crippen LogP contribution in [0.25, 0.3) is 0 Å². The molecule has 1 aromatic carbocycles. The van der Waals surface area contributed by atoms with E-state index in [2.05, 4.69) is 9.38 Å². The smallest absolute Gasteiger partial charge is 0.145 e. The van der Waals surface area contributed by atoms with E-state index in [0.29, 0.717) is 22.9 Å². The Morgan fingerprint density at radius 1 is 1.12 bits per heavy atom. The molecule has 0 saturated heterocycles. The Balaban J connectivity index is 2.68. The van der Waals surface area contributed by atoms with Crippen molar-refractivity contribution in [2.45, 2.75) is 32.4 Å². The van der Waals surface area contributed by atoms with Gasteiger partial charge < -0.3 is 9.47 Å². The van der Waals surface area contributed by atoms with Crippen LogP contribution in [0.3, 0.4) is 0 Å². The van der Waals surface area contributed by atoms with Gasteiger partial charge in [0.25, 0.3) is 0 Å². The van der Waals surface area contributed by atoms with Crippen LogP contribution in [0, 0.1) is 6.92 Å². The van der Waals surface area contributed by atoms with Crippen LogP contribution in [0.1, 0.15) is 37.7 Å². The molecule has 1 heterocycles. The topological polar surface area (TPSA) is 60.8 Å². The van der Waals surface area contributed by atoms with E-state index < -0.39 is 15.7 Å². The first kappa shape index (κ1) is 19.1. The van der Waals surface area contributed by atoms with E-state index in [1.807, 2.05) is 58.0 Å². The average Bonchev–Trinajstić information content (AvgIpc) is 2.58. The van der Waals surface area contributed by atoms with Crippen LogP contribution in [0.15, 0.2) is 40.8 Å². The highest BCUT2D eigenvalue weighted by molar-refractivity contribution is 7.85. The van der Waals surface area contributed by atoms with E-state index in [4.69, 9.17) is 9.47 Å². The van der Waals surface area contributed by atoms with Crippen molar-refractivity contribution in [1.82, 2.24) is 4.98 Å². The third kappa shape index (κ3) is 4.66. The van der Waals surface area contributed by atoms with Gasteiger partial charge in [-0.25, -0.2) is 4.21 Å². The van der Waals surface area contributed by atoms with Gasteiger partial charge in [-0.15, -0.1) is 0 Å². The number of benzene rings is 1. The van der Waals surface area contributed by atoms with Crippen LogP contribution < -0.4 is 9.47 Å². The van der Waals surface area contributed by atoms with Crippen molar-refractivity contribution < 1.29 is 13.7 Å². The van der Waals surface area contributed by atoms with Gasteiger partial charge in [0.2, 0.25) is 0 Å². The molecule has 0 aliphatic carbocycles. The Morgan fingerprint density at radius 2 is 1.84 bits per heavy atom. The van der Waals surface area contributed by atoms with E-state index in [9.17, 15) is 4.21 Å². The summed E-state index contributed by atoms with van der Waals surface area (Å²) in [5.74, 6) is 1.27. The third-order valence-corrected chi connectivity index (χ3v) is 4.89. The summed E-state index contributed by atoms with van der Waals surface area (Å²) in [6.45, 7) is 7.57. The summed E-state index contributed by atoms with van der Waals surface area (Å²) in [5.41, 5.74) is 2.77. The van der Waals surface area contributed by atoms with E-state index in [-0.39, 0.29) is 0 Å². The van der Waals surface area contributed by atoms with Crippen molar-refractivity contribution in [3.05, 3.63) is 53.3 Å². The Bertz CT molecular complexity index is 811. The minimum atomic E-state index is -1.43. The number of aryl methyl sites for hydroxylation is 1. The fourth-order valence-electron chi connectivity index (χ4n) is 2.12. The van der Waals surface area contributed by atoms with E-state index in [1.165, 1.54) is 0 Å². The minimum absolute atomic E-state index is 0.477. The van der Waals surface area contributed by atoms with Gasteiger partial charge in [0.05, 0.1) is 24.7 Å². The standard InChI is InChI=1S/C19H24N2O3S/c1-13-8-7-9-16(20-13)18(21-25(22)19(2,3)4)15-11-10-14(23-5)12-17(15)24-6/h7-12H,1-6H3. The summed E-state index contributed by atoms with van der Waals surface area (Å²) < 4.78 is 27.4. The summed E-state index contributed by atoms with van der Waals surface area (Å²) in [6, 6.07) is 11.1. The van der Waals surface area contributed by atoms with Crippen molar-refractivity contribution in [3.8, 4) is 11.5 Å². The zero-order chi connectivity index (χ0) is 18.6. The molecule has 0 saturated carbocycles. The lowest BCUT2D eigenvalue weighted by Crippen LogP contribution is -2.22. The van der Waals surface area contributed by atoms with E-state index in [1.54, 1.807) is 20.3 Å². The summed E-state index contributed by atoms with van der Waals surface area (Å²) in [6.07, 6.45) is 0. The van der Waals surface area contributed by atoms with Crippen molar-refractivity contribution >= 4 is 16.7 Å². The predicted molar refractivity (Wildman–Crippen MR) is 102 cm³/mol. The number of rotatable bonds is 5. The van der Waals surface area contributed by atoms with Crippen LogP contribution in [-0.4, -0.2) is 33.9 Å². The molecule has 134 valence electrons. The van der Waals surface area contributed by atoms with Gasteiger partial charge in [-0.1, -0.05) is 6.07 Å². The Hall–Kier alpha value is -2.21. The quantitative estimate of drug-likeness (QED) is 0.763. The summed E-state index contributed by atoms with van der Waals surface area (Å²) in [7, 11) is 1.75. The molecule has 0 aliphatic heterocycles. The summed E-state index contributed by atoms with van der Waals surface area (Å²) in [5, 5.41) is 0. The van der Waals surface area contributed by atoms with Gasteiger partial charge in [-0.05, 0) is 52.0 Å². The minimum Gasteiger partial charge on any atom is -0.497 e. The first-order valence-electron chi connectivity index (χ1n) is 7.93. The molecular formula is C19H24N2O3S. The predicted octanol–water partition coefficient (Wildman–Crippen LogP) is 3.71. The normalized spacial score (nSPS) is 13.4. The molecule has 0 spiro atoms. The maximum absolute atomic E-state index is 12.7. The highest BCUT2D eigenvalue weighted by Crippen LogP contribution is 2.28. The number of hydrogen-bond donors (Lipinski definition) is 0. The molecule has 0 amide bonds. The highest BCUT2D eigenvalue weighted by atomic mass is 32.2. The molecule has 0 N–H and O–H groups in total. The second-order valence-corrected chi connectivity index (χ2v) is 8.44. The summed E-state index contributed by atoms with van der Waals surface area (Å²) in [4.78, 5) is 4.55. The Labute approximate surface area is 151 Å². The molecule has 1 unspecified atom stereocenters. The molecule has 2 rings (SSSR count). The summed E-state index contributed by atoms with van der Waals surface area (Å²) >= 11 is 0. The van der Waals surface area contributed by atoms with Gasteiger partial charge in [0, 0.05) is 17.3 Å². The number of ether oxygens (including phenoxy) is 2. The second kappa shape index (κ2) is 7.78. The van der Waals surface area contributed by atoms with Crippen LogP contribution in [0.5, 0.6) is 11.5 Å². The molecule has 5 nitrogen and oxygen atoms in total. The molecule has 0 bridgehead atoms. The van der Waals surface area contributed by atoms with Gasteiger partial charge in [-0.2, -0.15) is 4.40 Å². The highest BCUT2D eigenvalue weighted by Gasteiger charge is 2.23. The zero-order valence-electron chi connectivity index (χ0n) is 15.5. The van der Waals surface area contributed by atoms with Crippen molar-refractivity contribution in [1.29, 1.82) is 0 Å². The van der Waals surface area contributed by atoms with Gasteiger partial charge in [-0.3, -0.25) is 4.98 Å². The largest absolute Gasteiger partial charge is 0.497 e. The van der Waals surface area contributed by atoms with Crippen LogP contribution in [-0.2, 0) is 11.0 Å². The monoisotopic (exact) mass is 360 g/mol. The number of methoxy groups -OCH3 is 2. The van der Waals surface area contributed by atoms with Crippen LogP contribution in [0.4, 0.5) is 0 Å². The first-order chi connectivity index (χ1) is 11.8. The number of aromatic nitrogens is 1. The van der Waals surface area contributed by atoms with Crippen LogP contribution >= 0.6 is 0 Å². The van der Waals surface area contributed by atoms with Gasteiger partial charge in [0.15, 0.2) is 0 Å². The van der Waals surface area contributed by atoms with Gasteiger partial charge >= 0.3 is 0 Å². The molecule has 1 aromatic heterocycles. The lowest BCUT2D eigenvalue weighted by atomic mass is 10.1. The molecule has 0 radical (unpaired) electrons. The second-order valence-electron chi connectivity index (χ2n) is 6.53. The van der Waals surface area contributed by atoms with Crippen molar-refractivity contribution in [2.75, 3.05) is 14.2 Å². The lowest BCUT2D eigenvalue weighted by Gasteiger charge is -2.17. The van der Waals surface area contributed by atoms with E-state index >= 15 is 0 Å². The van der Waals surface area contributed by atoms with E-state index in [0.717, 1.165) is 11.3 Å². The SMILES string of the molecule is COc1ccc(C(=NS(=O)C(C)(C)C)c2cccc(C)n2)c(OC)c1. The third-order valence-electron chi connectivity index (χ3n) is 3.49. The fourth-order valence-corrected chi connectivity index (χ4v) is 2.75. The molecule has 1 atom stereocenters. The van der Waals surface area contributed by atoms with Crippen molar-refractivity contribution in [2.24, 2.45) is 4.40 Å². The number of nitrogens with zero attached hydrogens (tertiary/aromatic N) is 2. The molecule has 0 aliphatic rings. The maximum atomic E-state index is 12.7. The lowest BCUT2D eigenvalue weighted by molar-refractivity contribution is 0.394. The fraction of sp³-hybridized carbons (Fsp3) is 0.368. The number of hydrogen-bond acceptors (Lipinski definition) is 4. The Kier molecular flexibility index (Phi) is 5.95. The first-order valence-corrected chi connectivity index (χ1v) is 9.04. The molecular weight excluding hydrogens is 336 g/mol.